The van der Waals surface area contributed by atoms with Gasteiger partial charge in [-0.3, -0.25) is 9.69 Å². The van der Waals surface area contributed by atoms with Crippen LogP contribution in [-0.2, 0) is 4.74 Å². The molecule has 0 unspecified atom stereocenters. The Labute approximate surface area is 145 Å². The van der Waals surface area contributed by atoms with Gasteiger partial charge >= 0.3 is 0 Å². The Morgan fingerprint density at radius 2 is 2.12 bits per heavy atom. The normalized spacial score (nSPS) is 29.3. The molecule has 25 heavy (non-hydrogen) atoms. The lowest BCUT2D eigenvalue weighted by molar-refractivity contribution is -0.0581. The summed E-state index contributed by atoms with van der Waals surface area (Å²) in [5.41, 5.74) is -0.375. The van der Waals surface area contributed by atoms with Crippen LogP contribution in [-0.4, -0.2) is 55.8 Å². The van der Waals surface area contributed by atoms with Crippen molar-refractivity contribution < 1.29 is 23.0 Å². The van der Waals surface area contributed by atoms with Gasteiger partial charge in [0, 0.05) is 25.2 Å². The number of amides is 1. The molecular weight excluding hydrogens is 330 g/mol. The van der Waals surface area contributed by atoms with Gasteiger partial charge in [-0.1, -0.05) is 0 Å². The zero-order valence-corrected chi connectivity index (χ0v) is 14.1. The molecule has 3 aliphatic rings. The van der Waals surface area contributed by atoms with E-state index in [1.807, 2.05) is 0 Å². The van der Waals surface area contributed by atoms with E-state index in [2.05, 4.69) is 10.2 Å². The van der Waals surface area contributed by atoms with Crippen molar-refractivity contribution in [2.45, 2.75) is 37.5 Å². The highest BCUT2D eigenvalue weighted by atomic mass is 19.2. The number of nitrogens with zero attached hydrogens (tertiary/aromatic N) is 1. The number of fused-ring (bicyclic) bond motifs is 1. The number of morpholine rings is 1. The predicted octanol–water partition coefficient (Wildman–Crippen LogP) is 1.95. The largest absolute Gasteiger partial charge is 0.496 e. The Hall–Kier alpha value is -1.73. The van der Waals surface area contributed by atoms with Crippen LogP contribution in [0.15, 0.2) is 12.1 Å². The molecule has 0 spiro atoms. The van der Waals surface area contributed by atoms with E-state index >= 15 is 0 Å². The molecule has 2 saturated heterocycles. The summed E-state index contributed by atoms with van der Waals surface area (Å²) >= 11 is 0. The van der Waals surface area contributed by atoms with Crippen molar-refractivity contribution >= 4 is 5.91 Å². The standard InChI is InChI=1S/C18H22F2N2O3/c1-24-14-5-4-13(19)17(20)16(14)18(23)21-11-6-12-9-25-15(10-2-3-10)8-22(12)7-11/h4-5,10-12,15H,2-3,6-9H2,1H3,(H,21,23)/t11-,12-,15+/m0/s1. The molecule has 5 nitrogen and oxygen atoms in total. The summed E-state index contributed by atoms with van der Waals surface area (Å²) in [7, 11) is 1.33. The lowest BCUT2D eigenvalue weighted by atomic mass is 10.1. The number of carbonyl (C=O) groups is 1. The van der Waals surface area contributed by atoms with Gasteiger partial charge in [-0.2, -0.15) is 0 Å². The minimum Gasteiger partial charge on any atom is -0.496 e. The van der Waals surface area contributed by atoms with E-state index in [9.17, 15) is 13.6 Å². The maximum atomic E-state index is 14.1. The maximum absolute atomic E-state index is 14.1. The number of ether oxygens (including phenoxy) is 2. The monoisotopic (exact) mass is 352 g/mol. The molecule has 1 amide bonds. The van der Waals surface area contributed by atoms with E-state index in [4.69, 9.17) is 9.47 Å². The number of hydrogen-bond donors (Lipinski definition) is 1. The number of nitrogens with one attached hydrogen (secondary N) is 1. The SMILES string of the molecule is COc1ccc(F)c(F)c1C(=O)N[C@H]1C[C@H]2CO[C@@H](C3CC3)CN2C1. The molecule has 0 radical (unpaired) electrons. The van der Waals surface area contributed by atoms with Gasteiger partial charge in [0.25, 0.3) is 5.91 Å². The Morgan fingerprint density at radius 3 is 2.84 bits per heavy atom. The molecule has 3 atom stereocenters. The van der Waals surface area contributed by atoms with E-state index in [-0.39, 0.29) is 23.4 Å². The fourth-order valence-electron chi connectivity index (χ4n) is 3.93. The third-order valence-corrected chi connectivity index (χ3v) is 5.43. The molecular formula is C18H22F2N2O3. The number of rotatable bonds is 4. The van der Waals surface area contributed by atoms with Crippen LogP contribution >= 0.6 is 0 Å². The topological polar surface area (TPSA) is 50.8 Å². The minimum absolute atomic E-state index is 0.0317. The van der Waals surface area contributed by atoms with E-state index in [0.717, 1.165) is 19.0 Å². The number of methoxy groups -OCH3 is 1. The van der Waals surface area contributed by atoms with Crippen molar-refractivity contribution in [1.29, 1.82) is 0 Å². The second-order valence-corrected chi connectivity index (χ2v) is 7.16. The number of halogens is 2. The van der Waals surface area contributed by atoms with Crippen LogP contribution in [0.3, 0.4) is 0 Å². The fourth-order valence-corrected chi connectivity index (χ4v) is 3.93. The molecule has 2 aliphatic heterocycles. The Morgan fingerprint density at radius 1 is 1.32 bits per heavy atom. The second-order valence-electron chi connectivity index (χ2n) is 7.16. The first-order valence-electron chi connectivity index (χ1n) is 8.75. The minimum atomic E-state index is -1.18. The van der Waals surface area contributed by atoms with E-state index in [1.54, 1.807) is 0 Å². The number of hydrogen-bond acceptors (Lipinski definition) is 4. The summed E-state index contributed by atoms with van der Waals surface area (Å²) < 4.78 is 38.5. The highest BCUT2D eigenvalue weighted by Gasteiger charge is 2.42. The summed E-state index contributed by atoms with van der Waals surface area (Å²) in [6.07, 6.45) is 3.53. The van der Waals surface area contributed by atoms with Gasteiger partial charge in [0.2, 0.25) is 0 Å². The molecule has 1 aromatic carbocycles. The van der Waals surface area contributed by atoms with E-state index in [0.29, 0.717) is 25.2 Å². The first-order chi connectivity index (χ1) is 12.1. The zero-order chi connectivity index (χ0) is 17.6. The van der Waals surface area contributed by atoms with Gasteiger partial charge < -0.3 is 14.8 Å². The van der Waals surface area contributed by atoms with Crippen molar-refractivity contribution in [2.75, 3.05) is 26.8 Å². The van der Waals surface area contributed by atoms with E-state index in [1.165, 1.54) is 26.0 Å². The molecule has 2 heterocycles. The highest BCUT2D eigenvalue weighted by Crippen LogP contribution is 2.38. The van der Waals surface area contributed by atoms with Gasteiger partial charge in [0.1, 0.15) is 11.3 Å². The predicted molar refractivity (Wildman–Crippen MR) is 86.6 cm³/mol. The fraction of sp³-hybridized carbons (Fsp3) is 0.611. The summed E-state index contributed by atoms with van der Waals surface area (Å²) in [5, 5.41) is 2.83. The molecule has 1 N–H and O–H groups in total. The van der Waals surface area contributed by atoms with Gasteiger partial charge in [0.15, 0.2) is 11.6 Å². The van der Waals surface area contributed by atoms with E-state index < -0.39 is 17.5 Å². The van der Waals surface area contributed by atoms with Crippen LogP contribution in [0.5, 0.6) is 5.75 Å². The van der Waals surface area contributed by atoms with Gasteiger partial charge in [-0.25, -0.2) is 8.78 Å². The summed E-state index contributed by atoms with van der Waals surface area (Å²) in [5.74, 6) is -2.16. The van der Waals surface area contributed by atoms with Crippen LogP contribution in [0.1, 0.15) is 29.6 Å². The summed E-state index contributed by atoms with van der Waals surface area (Å²) in [4.78, 5) is 14.8. The molecule has 7 heteroatoms. The number of carbonyl (C=O) groups excluding carboxylic acids is 1. The quantitative estimate of drug-likeness (QED) is 0.900. The highest BCUT2D eigenvalue weighted by molar-refractivity contribution is 5.97. The van der Waals surface area contributed by atoms with Crippen molar-refractivity contribution in [2.24, 2.45) is 5.92 Å². The van der Waals surface area contributed by atoms with Crippen molar-refractivity contribution in [3.8, 4) is 5.75 Å². The molecule has 0 aromatic heterocycles. The van der Waals surface area contributed by atoms with Crippen molar-refractivity contribution in [3.05, 3.63) is 29.3 Å². The number of benzene rings is 1. The van der Waals surface area contributed by atoms with Crippen molar-refractivity contribution in [1.82, 2.24) is 10.2 Å². The molecule has 1 saturated carbocycles. The van der Waals surface area contributed by atoms with Crippen LogP contribution in [0, 0.1) is 17.6 Å². The van der Waals surface area contributed by atoms with Crippen LogP contribution in [0.4, 0.5) is 8.78 Å². The van der Waals surface area contributed by atoms with Crippen molar-refractivity contribution in [3.63, 3.8) is 0 Å². The van der Waals surface area contributed by atoms with Gasteiger partial charge in [-0.15, -0.1) is 0 Å². The molecule has 0 bridgehead atoms. The maximum Gasteiger partial charge on any atom is 0.258 e. The lowest BCUT2D eigenvalue weighted by Gasteiger charge is -2.35. The van der Waals surface area contributed by atoms with Crippen LogP contribution in [0.2, 0.25) is 0 Å². The zero-order valence-electron chi connectivity index (χ0n) is 14.1. The average Bonchev–Trinajstić information content (AvgIpc) is 3.37. The van der Waals surface area contributed by atoms with Crippen LogP contribution in [0.25, 0.3) is 0 Å². The van der Waals surface area contributed by atoms with Gasteiger partial charge in [-0.05, 0) is 37.3 Å². The third-order valence-electron chi connectivity index (χ3n) is 5.43. The first kappa shape index (κ1) is 16.7. The molecule has 1 aromatic rings. The Kier molecular flexibility index (Phi) is 4.37. The molecule has 3 fully saturated rings. The average molecular weight is 352 g/mol. The first-order valence-corrected chi connectivity index (χ1v) is 8.75. The Balaban J connectivity index is 1.43. The van der Waals surface area contributed by atoms with Crippen LogP contribution < -0.4 is 10.1 Å². The van der Waals surface area contributed by atoms with Gasteiger partial charge in [0.05, 0.1) is 19.8 Å². The summed E-state index contributed by atoms with van der Waals surface area (Å²) in [6, 6.07) is 2.39. The molecule has 136 valence electrons. The molecule has 4 rings (SSSR count). The second kappa shape index (κ2) is 6.53. The summed E-state index contributed by atoms with van der Waals surface area (Å²) in [6.45, 7) is 2.27. The molecule has 1 aliphatic carbocycles. The smallest absolute Gasteiger partial charge is 0.258 e. The lowest BCUT2D eigenvalue weighted by Crippen LogP contribution is -2.47. The Bertz CT molecular complexity index is 681. The third kappa shape index (κ3) is 3.22.